The Bertz CT molecular complexity index is 1100. The normalized spacial score (nSPS) is 10.3. The smallest absolute Gasteiger partial charge is 0.315 e. The van der Waals surface area contributed by atoms with Gasteiger partial charge < -0.3 is 15.4 Å². The second-order valence-corrected chi connectivity index (χ2v) is 6.37. The fourth-order valence-electron chi connectivity index (χ4n) is 2.97. The third kappa shape index (κ3) is 4.93. The van der Waals surface area contributed by atoms with Gasteiger partial charge in [0.25, 0.3) is 5.56 Å². The third-order valence-corrected chi connectivity index (χ3v) is 4.46. The molecule has 0 aliphatic rings. The van der Waals surface area contributed by atoms with Crippen LogP contribution in [0.4, 0.5) is 4.79 Å². The molecule has 1 heterocycles. The van der Waals surface area contributed by atoms with E-state index in [1.807, 2.05) is 36.4 Å². The number of carbonyl (C=O) groups is 1. The lowest BCUT2D eigenvalue weighted by atomic mass is 10.1. The zero-order valence-corrected chi connectivity index (χ0v) is 16.1. The van der Waals surface area contributed by atoms with Crippen molar-refractivity contribution >= 4 is 16.8 Å². The molecule has 0 unspecified atom stereocenters. The van der Waals surface area contributed by atoms with E-state index in [1.165, 1.54) is 4.68 Å². The Morgan fingerprint density at radius 2 is 1.86 bits per heavy atom. The second-order valence-electron chi connectivity index (χ2n) is 6.37. The first-order valence-corrected chi connectivity index (χ1v) is 9.19. The van der Waals surface area contributed by atoms with Crippen LogP contribution in [0.5, 0.6) is 5.75 Å². The number of hydrogen-bond donors (Lipinski definition) is 2. The van der Waals surface area contributed by atoms with Crippen LogP contribution < -0.4 is 20.9 Å². The Morgan fingerprint density at radius 1 is 1.14 bits per heavy atom. The van der Waals surface area contributed by atoms with E-state index in [2.05, 4.69) is 21.7 Å². The lowest BCUT2D eigenvalue weighted by Crippen LogP contribution is -2.37. The fraction of sp³-hybridized carbons (Fsp3) is 0.227. The average Bonchev–Trinajstić information content (AvgIpc) is 2.75. The molecule has 3 rings (SSSR count). The van der Waals surface area contributed by atoms with Gasteiger partial charge in [-0.25, -0.2) is 9.48 Å². The first-order valence-electron chi connectivity index (χ1n) is 9.19. The molecule has 7 nitrogen and oxygen atoms in total. The van der Waals surface area contributed by atoms with Gasteiger partial charge in [0.15, 0.2) is 0 Å². The lowest BCUT2D eigenvalue weighted by molar-refractivity contribution is 0.240. The van der Waals surface area contributed by atoms with Crippen LogP contribution in [0, 0.1) is 12.3 Å². The fourth-order valence-corrected chi connectivity index (χ4v) is 2.97. The summed E-state index contributed by atoms with van der Waals surface area (Å²) in [7, 11) is 1.62. The van der Waals surface area contributed by atoms with E-state index < -0.39 is 0 Å². The Balaban J connectivity index is 1.61. The molecule has 0 saturated carbocycles. The standard InChI is InChI=1S/C22H22N4O3/c1-3-14-26-21(27)19-7-5-4-6-18(19)20(25-26)15-24-22(28)23-13-12-16-8-10-17(29-2)11-9-16/h1,4-11H,12-15H2,2H3,(H2,23,24,28). The van der Waals surface area contributed by atoms with Crippen LogP contribution in [0.25, 0.3) is 10.8 Å². The van der Waals surface area contributed by atoms with Crippen molar-refractivity contribution in [3.63, 3.8) is 0 Å². The van der Waals surface area contributed by atoms with Crippen molar-refractivity contribution in [3.8, 4) is 18.1 Å². The van der Waals surface area contributed by atoms with Crippen LogP contribution in [-0.4, -0.2) is 29.5 Å². The number of terminal acetylenes is 1. The summed E-state index contributed by atoms with van der Waals surface area (Å²) < 4.78 is 6.37. The summed E-state index contributed by atoms with van der Waals surface area (Å²) in [5.41, 5.74) is 1.44. The summed E-state index contributed by atoms with van der Waals surface area (Å²) in [6.07, 6.45) is 6.03. The van der Waals surface area contributed by atoms with E-state index in [-0.39, 0.29) is 24.7 Å². The maximum Gasteiger partial charge on any atom is 0.315 e. The monoisotopic (exact) mass is 390 g/mol. The van der Waals surface area contributed by atoms with Gasteiger partial charge >= 0.3 is 6.03 Å². The molecule has 3 aromatic rings. The lowest BCUT2D eigenvalue weighted by Gasteiger charge is -2.11. The van der Waals surface area contributed by atoms with Gasteiger partial charge in [-0.15, -0.1) is 6.42 Å². The van der Waals surface area contributed by atoms with E-state index in [4.69, 9.17) is 11.2 Å². The highest BCUT2D eigenvalue weighted by Gasteiger charge is 2.11. The van der Waals surface area contributed by atoms with E-state index >= 15 is 0 Å². The molecular weight excluding hydrogens is 368 g/mol. The topological polar surface area (TPSA) is 85.2 Å². The minimum absolute atomic E-state index is 0.0741. The molecule has 0 bridgehead atoms. The van der Waals surface area contributed by atoms with E-state index in [1.54, 1.807) is 19.2 Å². The van der Waals surface area contributed by atoms with Crippen LogP contribution in [0.2, 0.25) is 0 Å². The third-order valence-electron chi connectivity index (χ3n) is 4.46. The van der Waals surface area contributed by atoms with E-state index in [0.29, 0.717) is 29.4 Å². The maximum atomic E-state index is 12.4. The van der Waals surface area contributed by atoms with E-state index in [9.17, 15) is 9.59 Å². The number of benzene rings is 2. The van der Waals surface area contributed by atoms with Crippen molar-refractivity contribution in [2.75, 3.05) is 13.7 Å². The Labute approximate surface area is 168 Å². The summed E-state index contributed by atoms with van der Waals surface area (Å²) in [6, 6.07) is 14.5. The van der Waals surface area contributed by atoms with Gasteiger partial charge in [-0.05, 0) is 30.2 Å². The first kappa shape index (κ1) is 20.0. The van der Waals surface area contributed by atoms with Crippen molar-refractivity contribution in [2.45, 2.75) is 19.5 Å². The van der Waals surface area contributed by atoms with Crippen molar-refractivity contribution in [1.82, 2.24) is 20.4 Å². The van der Waals surface area contributed by atoms with Crippen LogP contribution in [0.3, 0.4) is 0 Å². The molecule has 0 saturated heterocycles. The number of urea groups is 1. The van der Waals surface area contributed by atoms with Crippen LogP contribution in [-0.2, 0) is 19.5 Å². The number of ether oxygens (including phenoxy) is 1. The van der Waals surface area contributed by atoms with Gasteiger partial charge in [-0.1, -0.05) is 36.3 Å². The van der Waals surface area contributed by atoms with Crippen molar-refractivity contribution in [2.24, 2.45) is 0 Å². The summed E-state index contributed by atoms with van der Waals surface area (Å²) >= 11 is 0. The Kier molecular flexibility index (Phi) is 6.48. The summed E-state index contributed by atoms with van der Waals surface area (Å²) in [4.78, 5) is 24.6. The number of aromatic nitrogens is 2. The molecule has 2 amide bonds. The van der Waals surface area contributed by atoms with Crippen molar-refractivity contribution in [1.29, 1.82) is 0 Å². The average molecular weight is 390 g/mol. The van der Waals surface area contributed by atoms with Gasteiger partial charge in [-0.3, -0.25) is 4.79 Å². The van der Waals surface area contributed by atoms with E-state index in [0.717, 1.165) is 11.3 Å². The quantitative estimate of drug-likeness (QED) is 0.605. The van der Waals surface area contributed by atoms with Crippen LogP contribution in [0.1, 0.15) is 11.3 Å². The largest absolute Gasteiger partial charge is 0.497 e. The highest BCUT2D eigenvalue weighted by molar-refractivity contribution is 5.84. The number of nitrogens with one attached hydrogen (secondary N) is 2. The maximum absolute atomic E-state index is 12.4. The summed E-state index contributed by atoms with van der Waals surface area (Å²) in [5, 5.41) is 11.1. The second kappa shape index (κ2) is 9.42. The molecule has 7 heteroatoms. The van der Waals surface area contributed by atoms with Gasteiger partial charge in [0.1, 0.15) is 12.3 Å². The molecule has 0 fully saturated rings. The van der Waals surface area contributed by atoms with Gasteiger partial charge in [0.2, 0.25) is 0 Å². The van der Waals surface area contributed by atoms with Crippen molar-refractivity contribution in [3.05, 3.63) is 70.1 Å². The Hall–Kier alpha value is -3.79. The molecule has 2 N–H and O–H groups in total. The number of hydrogen-bond acceptors (Lipinski definition) is 4. The number of nitrogens with zero attached hydrogens (tertiary/aromatic N) is 2. The zero-order chi connectivity index (χ0) is 20.6. The minimum atomic E-state index is -0.306. The van der Waals surface area contributed by atoms with Crippen molar-refractivity contribution < 1.29 is 9.53 Å². The highest BCUT2D eigenvalue weighted by atomic mass is 16.5. The number of methoxy groups -OCH3 is 1. The van der Waals surface area contributed by atoms with Crippen LogP contribution in [0.15, 0.2) is 53.3 Å². The molecule has 0 atom stereocenters. The molecule has 0 radical (unpaired) electrons. The minimum Gasteiger partial charge on any atom is -0.497 e. The number of rotatable bonds is 7. The molecule has 0 aliphatic carbocycles. The molecule has 2 aromatic carbocycles. The molecule has 0 spiro atoms. The zero-order valence-electron chi connectivity index (χ0n) is 16.1. The van der Waals surface area contributed by atoms with Gasteiger partial charge in [0, 0.05) is 11.9 Å². The summed E-state index contributed by atoms with van der Waals surface area (Å²) in [6.45, 7) is 0.743. The molecular formula is C22H22N4O3. The highest BCUT2D eigenvalue weighted by Crippen LogP contribution is 2.13. The molecule has 148 valence electrons. The van der Waals surface area contributed by atoms with Gasteiger partial charge in [-0.2, -0.15) is 5.10 Å². The molecule has 1 aromatic heterocycles. The summed E-state index contributed by atoms with van der Waals surface area (Å²) in [5.74, 6) is 3.22. The first-order chi connectivity index (χ1) is 14.1. The van der Waals surface area contributed by atoms with Gasteiger partial charge in [0.05, 0.1) is 24.7 Å². The Morgan fingerprint density at radius 3 is 2.55 bits per heavy atom. The molecule has 29 heavy (non-hydrogen) atoms. The molecule has 0 aliphatic heterocycles. The number of fused-ring (bicyclic) bond motifs is 1. The predicted molar refractivity (Wildman–Crippen MR) is 112 cm³/mol. The number of amides is 2. The SMILES string of the molecule is C#CCn1nc(CNC(=O)NCCc2ccc(OC)cc2)c2ccccc2c1=O. The van der Waals surface area contributed by atoms with Crippen LogP contribution >= 0.6 is 0 Å². The predicted octanol–water partition coefficient (Wildman–Crippen LogP) is 2.08. The number of carbonyl (C=O) groups excluding carboxylic acids is 1.